The molecular formula is C30H62O5Si3. The molecule has 224 valence electrons. The summed E-state index contributed by atoms with van der Waals surface area (Å²) in [7, 11) is -3.54. The third kappa shape index (κ3) is 16.1. The van der Waals surface area contributed by atoms with Crippen LogP contribution in [-0.2, 0) is 22.8 Å². The second kappa shape index (κ2) is 16.9. The lowest BCUT2D eigenvalue weighted by Gasteiger charge is -2.33. The van der Waals surface area contributed by atoms with Crippen LogP contribution in [0.2, 0.25) is 58.9 Å². The minimum atomic E-state index is -1.70. The number of hydrogen-bond acceptors (Lipinski definition) is 5. The molecule has 0 aromatic carbocycles. The maximum atomic E-state index is 11.4. The number of methoxy groups -OCH3 is 1. The highest BCUT2D eigenvalue weighted by atomic mass is 28.4. The maximum Gasteiger partial charge on any atom is 0.305 e. The van der Waals surface area contributed by atoms with Gasteiger partial charge in [0.1, 0.15) is 0 Å². The fourth-order valence-corrected chi connectivity index (χ4v) is 9.23. The van der Waals surface area contributed by atoms with Crippen molar-refractivity contribution in [3.05, 3.63) is 12.2 Å². The predicted octanol–water partition coefficient (Wildman–Crippen LogP) is 8.93. The molecule has 0 amide bonds. The van der Waals surface area contributed by atoms with E-state index < -0.39 is 25.0 Å². The molecule has 0 aliphatic heterocycles. The molecule has 0 aromatic heterocycles. The molecule has 0 unspecified atom stereocenters. The summed E-state index contributed by atoms with van der Waals surface area (Å²) in [4.78, 5) is 11.4. The zero-order valence-corrected chi connectivity index (χ0v) is 29.9. The minimum Gasteiger partial charge on any atom is -0.469 e. The Balaban J connectivity index is 3.07. The fraction of sp³-hybridized carbons (Fsp3) is 0.900. The highest BCUT2D eigenvalue weighted by Gasteiger charge is 2.46. The first-order chi connectivity index (χ1) is 17.5. The van der Waals surface area contributed by atoms with E-state index in [0.717, 1.165) is 38.5 Å². The normalized spacial score (nSPS) is 23.8. The molecule has 0 spiro atoms. The van der Waals surface area contributed by atoms with Crippen LogP contribution < -0.4 is 0 Å². The quantitative estimate of drug-likeness (QED) is 0.0654. The van der Waals surface area contributed by atoms with Gasteiger partial charge in [0.05, 0.1) is 19.3 Å². The van der Waals surface area contributed by atoms with E-state index in [0.29, 0.717) is 24.4 Å². The van der Waals surface area contributed by atoms with E-state index in [1.54, 1.807) is 0 Å². The van der Waals surface area contributed by atoms with Crippen molar-refractivity contribution < 1.29 is 22.8 Å². The van der Waals surface area contributed by atoms with E-state index in [2.05, 4.69) is 78.0 Å². The monoisotopic (exact) mass is 586 g/mol. The molecule has 0 aromatic rings. The number of ether oxygens (including phenoxy) is 1. The largest absolute Gasteiger partial charge is 0.469 e. The Bertz CT molecular complexity index is 693. The molecular weight excluding hydrogens is 525 g/mol. The maximum absolute atomic E-state index is 11.4. The third-order valence-corrected chi connectivity index (χ3v) is 10.1. The summed E-state index contributed by atoms with van der Waals surface area (Å²) in [5.74, 6) is 0.822. The van der Waals surface area contributed by atoms with Crippen molar-refractivity contribution >= 4 is 30.9 Å². The number of esters is 1. The van der Waals surface area contributed by atoms with E-state index in [4.69, 9.17) is 18.0 Å². The standard InChI is InChI=1S/C30H62O5Si3/c1-12-13-16-19-25(33-36(3,4)5)22-23-27-26(20-17-14-15-18-21-30(31)32-2)28(34-37(6,7)8)24-29(27)35-38(9,10)11/h14,17,25-29H,12-13,15-16,18-24H2,1-11H3/b17-14-/t25-,26+,27+,28-,29+/m0/s1. The van der Waals surface area contributed by atoms with Crippen molar-refractivity contribution in [3.63, 3.8) is 0 Å². The summed E-state index contributed by atoms with van der Waals surface area (Å²) in [6, 6.07) is 0. The Kier molecular flexibility index (Phi) is 15.9. The molecule has 5 nitrogen and oxygen atoms in total. The van der Waals surface area contributed by atoms with Gasteiger partial charge in [-0.1, -0.05) is 38.3 Å². The van der Waals surface area contributed by atoms with Crippen molar-refractivity contribution in [1.82, 2.24) is 0 Å². The predicted molar refractivity (Wildman–Crippen MR) is 169 cm³/mol. The van der Waals surface area contributed by atoms with Crippen LogP contribution in [0.5, 0.6) is 0 Å². The minimum absolute atomic E-state index is 0.127. The highest BCUT2D eigenvalue weighted by molar-refractivity contribution is 6.70. The van der Waals surface area contributed by atoms with E-state index in [1.807, 2.05) is 0 Å². The van der Waals surface area contributed by atoms with Gasteiger partial charge in [-0.25, -0.2) is 0 Å². The van der Waals surface area contributed by atoms with Crippen LogP contribution in [0.3, 0.4) is 0 Å². The van der Waals surface area contributed by atoms with Crippen LogP contribution >= 0.6 is 0 Å². The number of allylic oxidation sites excluding steroid dienone is 2. The lowest BCUT2D eigenvalue weighted by atomic mass is 9.85. The first-order valence-electron chi connectivity index (χ1n) is 15.3. The van der Waals surface area contributed by atoms with Crippen LogP contribution in [0.15, 0.2) is 12.2 Å². The first kappa shape index (κ1) is 35.8. The van der Waals surface area contributed by atoms with Crippen LogP contribution in [0.4, 0.5) is 0 Å². The van der Waals surface area contributed by atoms with Crippen molar-refractivity contribution in [2.45, 2.75) is 155 Å². The Morgan fingerprint density at radius 3 is 1.95 bits per heavy atom. The topological polar surface area (TPSA) is 54.0 Å². The van der Waals surface area contributed by atoms with Gasteiger partial charge in [-0.15, -0.1) is 0 Å². The summed E-state index contributed by atoms with van der Waals surface area (Å²) in [6.07, 6.45) is 16.9. The second-order valence-corrected chi connectivity index (χ2v) is 27.6. The number of unbranched alkanes of at least 4 members (excludes halogenated alkanes) is 3. The van der Waals surface area contributed by atoms with Gasteiger partial charge in [-0.3, -0.25) is 4.79 Å². The van der Waals surface area contributed by atoms with Crippen molar-refractivity contribution in [2.75, 3.05) is 7.11 Å². The Labute approximate surface area is 239 Å². The SMILES string of the molecule is CCCCC[C@@H](CC[C@@H]1[C@@H](C/C=C\CCCC(=O)OC)[C@@H](O[Si](C)(C)C)C[C@H]1O[Si](C)(C)C)O[Si](C)(C)C. The molecule has 0 saturated heterocycles. The Morgan fingerprint density at radius 1 is 0.816 bits per heavy atom. The van der Waals surface area contributed by atoms with Crippen molar-refractivity contribution in [1.29, 1.82) is 0 Å². The summed E-state index contributed by atoms with van der Waals surface area (Å²) < 4.78 is 25.2. The molecule has 0 heterocycles. The molecule has 1 fully saturated rings. The lowest BCUT2D eigenvalue weighted by molar-refractivity contribution is -0.140. The van der Waals surface area contributed by atoms with Gasteiger partial charge < -0.3 is 18.0 Å². The smallest absolute Gasteiger partial charge is 0.305 e. The molecule has 1 saturated carbocycles. The van der Waals surface area contributed by atoms with E-state index in [9.17, 15) is 4.79 Å². The van der Waals surface area contributed by atoms with Crippen LogP contribution in [0.1, 0.15) is 77.6 Å². The number of rotatable bonds is 19. The third-order valence-electron chi connectivity index (χ3n) is 7.01. The van der Waals surface area contributed by atoms with Crippen LogP contribution in [0.25, 0.3) is 0 Å². The molecule has 1 rings (SSSR count). The molecule has 38 heavy (non-hydrogen) atoms. The van der Waals surface area contributed by atoms with E-state index in [-0.39, 0.29) is 18.2 Å². The number of carbonyl (C=O) groups excluding carboxylic acids is 1. The second-order valence-electron chi connectivity index (χ2n) is 14.2. The Hall–Kier alpha value is -0.259. The van der Waals surface area contributed by atoms with E-state index >= 15 is 0 Å². The number of hydrogen-bond donors (Lipinski definition) is 0. The summed E-state index contributed by atoms with van der Waals surface area (Å²) in [5, 5.41) is 0. The fourth-order valence-electron chi connectivity index (χ4n) is 5.64. The molecule has 5 atom stereocenters. The summed E-state index contributed by atoms with van der Waals surface area (Å²) in [5.41, 5.74) is 0. The number of carbonyl (C=O) groups is 1. The average molecular weight is 587 g/mol. The van der Waals surface area contributed by atoms with Crippen molar-refractivity contribution in [2.24, 2.45) is 11.8 Å². The molecule has 0 bridgehead atoms. The zero-order valence-electron chi connectivity index (χ0n) is 26.9. The summed E-state index contributed by atoms with van der Waals surface area (Å²) in [6.45, 7) is 23.1. The van der Waals surface area contributed by atoms with Gasteiger partial charge in [0.15, 0.2) is 25.0 Å². The van der Waals surface area contributed by atoms with Gasteiger partial charge >= 0.3 is 5.97 Å². The highest BCUT2D eigenvalue weighted by Crippen LogP contribution is 2.44. The van der Waals surface area contributed by atoms with Gasteiger partial charge in [-0.05, 0) is 116 Å². The summed E-state index contributed by atoms with van der Waals surface area (Å²) >= 11 is 0. The van der Waals surface area contributed by atoms with Gasteiger partial charge in [0, 0.05) is 12.5 Å². The van der Waals surface area contributed by atoms with Crippen LogP contribution in [0, 0.1) is 11.8 Å². The molecule has 8 heteroatoms. The molecule has 1 aliphatic rings. The van der Waals surface area contributed by atoms with Crippen LogP contribution in [-0.4, -0.2) is 56.3 Å². The molecule has 0 radical (unpaired) electrons. The van der Waals surface area contributed by atoms with Gasteiger partial charge in [0.25, 0.3) is 0 Å². The average Bonchev–Trinajstić information content (AvgIpc) is 3.05. The molecule has 1 aliphatic carbocycles. The molecule has 0 N–H and O–H groups in total. The van der Waals surface area contributed by atoms with Gasteiger partial charge in [-0.2, -0.15) is 0 Å². The van der Waals surface area contributed by atoms with Gasteiger partial charge in [0.2, 0.25) is 0 Å². The lowest BCUT2D eigenvalue weighted by Crippen LogP contribution is -2.36. The first-order valence-corrected chi connectivity index (χ1v) is 25.5. The van der Waals surface area contributed by atoms with E-state index in [1.165, 1.54) is 32.8 Å². The zero-order chi connectivity index (χ0) is 29.0. The van der Waals surface area contributed by atoms with Crippen molar-refractivity contribution in [3.8, 4) is 0 Å². The Morgan fingerprint density at radius 2 is 1.42 bits per heavy atom.